The lowest BCUT2D eigenvalue weighted by molar-refractivity contribution is -0.274. The molecule has 0 amide bonds. The monoisotopic (exact) mass is 499 g/mol. The van der Waals surface area contributed by atoms with E-state index < -0.39 is 12.3 Å². The van der Waals surface area contributed by atoms with Gasteiger partial charge in [-0.05, 0) is 73.0 Å². The second kappa shape index (κ2) is 10.2. The fraction of sp³-hybridized carbons (Fsp3) is 0.231. The van der Waals surface area contributed by atoms with E-state index in [2.05, 4.69) is 10.1 Å². The van der Waals surface area contributed by atoms with Gasteiger partial charge in [-0.2, -0.15) is 0 Å². The molecular formula is C26H24F3N3O4. The van der Waals surface area contributed by atoms with E-state index in [0.29, 0.717) is 29.3 Å². The number of ether oxygens (including phenoxy) is 2. The number of hydrogen-bond donors (Lipinski definition) is 2. The average molecular weight is 499 g/mol. The molecule has 0 saturated heterocycles. The molecule has 7 nitrogen and oxygen atoms in total. The highest BCUT2D eigenvalue weighted by Gasteiger charge is 2.31. The van der Waals surface area contributed by atoms with Crippen molar-refractivity contribution >= 4 is 28.6 Å². The quantitative estimate of drug-likeness (QED) is 0.281. The van der Waals surface area contributed by atoms with Crippen molar-refractivity contribution in [1.29, 1.82) is 0 Å². The molecule has 36 heavy (non-hydrogen) atoms. The second-order valence-electron chi connectivity index (χ2n) is 8.17. The first-order valence-corrected chi connectivity index (χ1v) is 11.1. The Morgan fingerprint density at radius 1 is 1.08 bits per heavy atom. The standard InChI is InChI=1S/C26H24F3N3O4/c1-16(18-4-3-5-21(15-18)35-2)32-23-12-6-17(7-13-24(33)34)14-22(23)31-25(32)30-19-8-10-20(11-9-19)36-26(27,28)29/h3-6,8-12,14-16H,7,13H2,1-2H3,(H,30,31)(H,33,34)/t16-/m0/s1. The highest BCUT2D eigenvalue weighted by atomic mass is 19.4. The lowest BCUT2D eigenvalue weighted by Gasteiger charge is -2.19. The van der Waals surface area contributed by atoms with E-state index in [1.165, 1.54) is 24.3 Å². The maximum atomic E-state index is 12.5. The summed E-state index contributed by atoms with van der Waals surface area (Å²) in [5.74, 6) is -0.0309. The number of aryl methyl sites for hydroxylation is 1. The molecule has 3 aromatic carbocycles. The van der Waals surface area contributed by atoms with Crippen LogP contribution in [-0.2, 0) is 11.2 Å². The van der Waals surface area contributed by atoms with Gasteiger partial charge in [0.1, 0.15) is 11.5 Å². The van der Waals surface area contributed by atoms with Crippen LogP contribution in [-0.4, -0.2) is 34.1 Å². The van der Waals surface area contributed by atoms with Gasteiger partial charge in [-0.25, -0.2) is 4.98 Å². The summed E-state index contributed by atoms with van der Waals surface area (Å²) < 4.78 is 48.8. The lowest BCUT2D eigenvalue weighted by Crippen LogP contribution is -2.17. The molecule has 4 rings (SSSR count). The molecule has 4 aromatic rings. The molecule has 0 saturated carbocycles. The average Bonchev–Trinajstić information content (AvgIpc) is 3.19. The van der Waals surface area contributed by atoms with E-state index in [1.54, 1.807) is 7.11 Å². The van der Waals surface area contributed by atoms with Crippen molar-refractivity contribution in [2.24, 2.45) is 0 Å². The fourth-order valence-corrected chi connectivity index (χ4v) is 3.95. The number of carboxylic acids is 1. The van der Waals surface area contributed by atoms with Crippen LogP contribution in [0.25, 0.3) is 11.0 Å². The number of carboxylic acid groups (broad SMARTS) is 1. The largest absolute Gasteiger partial charge is 0.573 e. The maximum absolute atomic E-state index is 12.5. The molecule has 0 aliphatic carbocycles. The molecule has 1 aromatic heterocycles. The van der Waals surface area contributed by atoms with Gasteiger partial charge in [0.05, 0.1) is 24.2 Å². The highest BCUT2D eigenvalue weighted by Crippen LogP contribution is 2.33. The predicted octanol–water partition coefficient (Wildman–Crippen LogP) is 6.31. The SMILES string of the molecule is COc1cccc([C@H](C)n2c(Nc3ccc(OC(F)(F)F)cc3)nc3cc(CCC(=O)O)ccc32)c1. The zero-order valence-electron chi connectivity index (χ0n) is 19.5. The van der Waals surface area contributed by atoms with Gasteiger partial charge in [0.15, 0.2) is 0 Å². The topological polar surface area (TPSA) is 85.6 Å². The summed E-state index contributed by atoms with van der Waals surface area (Å²) in [5, 5.41) is 12.2. The summed E-state index contributed by atoms with van der Waals surface area (Å²) in [6, 6.07) is 18.4. The number of anilines is 2. The number of aliphatic carboxylic acids is 1. The Labute approximate surface area is 205 Å². The van der Waals surface area contributed by atoms with Gasteiger partial charge in [-0.1, -0.05) is 18.2 Å². The smallest absolute Gasteiger partial charge is 0.497 e. The third kappa shape index (κ3) is 5.88. The Bertz CT molecular complexity index is 1370. The van der Waals surface area contributed by atoms with Gasteiger partial charge in [-0.3, -0.25) is 4.79 Å². The van der Waals surface area contributed by atoms with Crippen molar-refractivity contribution in [3.05, 3.63) is 77.9 Å². The molecule has 0 unspecified atom stereocenters. The predicted molar refractivity (Wildman–Crippen MR) is 129 cm³/mol. The Balaban J connectivity index is 1.73. The summed E-state index contributed by atoms with van der Waals surface area (Å²) >= 11 is 0. The van der Waals surface area contributed by atoms with E-state index in [4.69, 9.17) is 14.8 Å². The number of aromatic nitrogens is 2. The van der Waals surface area contributed by atoms with Crippen molar-refractivity contribution in [2.45, 2.75) is 32.2 Å². The normalized spacial score (nSPS) is 12.4. The van der Waals surface area contributed by atoms with Gasteiger partial charge < -0.3 is 24.5 Å². The highest BCUT2D eigenvalue weighted by molar-refractivity contribution is 5.81. The molecule has 0 spiro atoms. The zero-order valence-corrected chi connectivity index (χ0v) is 19.5. The van der Waals surface area contributed by atoms with Gasteiger partial charge in [0, 0.05) is 12.1 Å². The van der Waals surface area contributed by atoms with E-state index in [-0.39, 0.29) is 18.2 Å². The molecule has 0 aliphatic rings. The van der Waals surface area contributed by atoms with E-state index in [0.717, 1.165) is 16.6 Å². The summed E-state index contributed by atoms with van der Waals surface area (Å²) in [4.78, 5) is 15.7. The van der Waals surface area contributed by atoms with Gasteiger partial charge in [0.2, 0.25) is 5.95 Å². The summed E-state index contributed by atoms with van der Waals surface area (Å²) in [5.41, 5.74) is 3.78. The first-order valence-electron chi connectivity index (χ1n) is 11.1. The molecule has 2 N–H and O–H groups in total. The van der Waals surface area contributed by atoms with E-state index >= 15 is 0 Å². The van der Waals surface area contributed by atoms with Crippen LogP contribution < -0.4 is 14.8 Å². The van der Waals surface area contributed by atoms with Gasteiger partial charge >= 0.3 is 12.3 Å². The number of halogens is 3. The molecule has 10 heteroatoms. The Kier molecular flexibility index (Phi) is 7.05. The third-order valence-electron chi connectivity index (χ3n) is 5.69. The van der Waals surface area contributed by atoms with Crippen molar-refractivity contribution in [1.82, 2.24) is 9.55 Å². The van der Waals surface area contributed by atoms with Crippen LogP contribution in [0, 0.1) is 0 Å². The number of imidazole rings is 1. The van der Waals surface area contributed by atoms with E-state index in [9.17, 15) is 18.0 Å². The van der Waals surface area contributed by atoms with Gasteiger partial charge in [0.25, 0.3) is 0 Å². The van der Waals surface area contributed by atoms with Crippen molar-refractivity contribution in [3.8, 4) is 11.5 Å². The number of nitrogens with one attached hydrogen (secondary N) is 1. The second-order valence-corrected chi connectivity index (χ2v) is 8.17. The van der Waals surface area contributed by atoms with Crippen molar-refractivity contribution in [3.63, 3.8) is 0 Å². The van der Waals surface area contributed by atoms with E-state index in [1.807, 2.05) is 54.0 Å². The summed E-state index contributed by atoms with van der Waals surface area (Å²) in [7, 11) is 1.59. The number of methoxy groups -OCH3 is 1. The number of benzene rings is 3. The molecule has 0 radical (unpaired) electrons. The van der Waals surface area contributed by atoms with Crippen LogP contribution in [0.4, 0.5) is 24.8 Å². The van der Waals surface area contributed by atoms with Crippen LogP contribution in [0.15, 0.2) is 66.7 Å². The number of fused-ring (bicyclic) bond motifs is 1. The Morgan fingerprint density at radius 2 is 1.83 bits per heavy atom. The van der Waals surface area contributed by atoms with Crippen LogP contribution in [0.5, 0.6) is 11.5 Å². The minimum atomic E-state index is -4.77. The summed E-state index contributed by atoms with van der Waals surface area (Å²) in [6.45, 7) is 2.00. The maximum Gasteiger partial charge on any atom is 0.573 e. The first-order chi connectivity index (χ1) is 17.1. The molecule has 0 bridgehead atoms. The zero-order chi connectivity index (χ0) is 25.9. The van der Waals surface area contributed by atoms with Crippen molar-refractivity contribution in [2.75, 3.05) is 12.4 Å². The number of carbonyl (C=O) groups is 1. The van der Waals surface area contributed by atoms with Crippen LogP contribution >= 0.6 is 0 Å². The summed E-state index contributed by atoms with van der Waals surface area (Å²) in [6.07, 6.45) is -4.40. The molecule has 188 valence electrons. The number of rotatable bonds is 9. The minimum Gasteiger partial charge on any atom is -0.497 e. The van der Waals surface area contributed by atoms with Gasteiger partial charge in [-0.15, -0.1) is 13.2 Å². The fourth-order valence-electron chi connectivity index (χ4n) is 3.95. The number of nitrogens with zero attached hydrogens (tertiary/aromatic N) is 2. The molecule has 1 atom stereocenters. The lowest BCUT2D eigenvalue weighted by atomic mass is 10.1. The van der Waals surface area contributed by atoms with Crippen LogP contribution in [0.3, 0.4) is 0 Å². The Hall–Kier alpha value is -4.21. The number of hydrogen-bond acceptors (Lipinski definition) is 5. The molecule has 1 heterocycles. The van der Waals surface area contributed by atoms with Crippen LogP contribution in [0.1, 0.15) is 30.5 Å². The number of alkyl halides is 3. The molecule has 0 fully saturated rings. The molecule has 0 aliphatic heterocycles. The Morgan fingerprint density at radius 3 is 2.50 bits per heavy atom. The van der Waals surface area contributed by atoms with Crippen LogP contribution in [0.2, 0.25) is 0 Å². The molecular weight excluding hydrogens is 475 g/mol. The minimum absolute atomic E-state index is 0.00385. The first kappa shape index (κ1) is 24.9. The third-order valence-corrected chi connectivity index (χ3v) is 5.69. The van der Waals surface area contributed by atoms with Crippen molar-refractivity contribution < 1.29 is 32.5 Å².